The third kappa shape index (κ3) is 6.54. The number of para-hydroxylation sites is 2. The number of carbonyl (C=O) groups excluding carboxylic acids is 1. The van der Waals surface area contributed by atoms with Crippen LogP contribution in [0.15, 0.2) is 53.4 Å². The van der Waals surface area contributed by atoms with Crippen molar-refractivity contribution in [2.45, 2.75) is 31.2 Å². The van der Waals surface area contributed by atoms with E-state index in [4.69, 9.17) is 0 Å². The van der Waals surface area contributed by atoms with E-state index in [-0.39, 0.29) is 29.2 Å². The molecule has 2 aromatic carbocycles. The molecule has 0 bridgehead atoms. The molecule has 0 saturated heterocycles. The maximum Gasteiger partial charge on any atom is 0.292 e. The van der Waals surface area contributed by atoms with E-state index in [0.717, 1.165) is 0 Å². The third-order valence-corrected chi connectivity index (χ3v) is 5.43. The lowest BCUT2D eigenvalue weighted by molar-refractivity contribution is -0.384. The summed E-state index contributed by atoms with van der Waals surface area (Å²) in [6, 6.07) is 11.9. The number of nitro groups is 1. The van der Waals surface area contributed by atoms with Crippen LogP contribution in [0.25, 0.3) is 0 Å². The summed E-state index contributed by atoms with van der Waals surface area (Å²) in [7, 11) is -3.75. The lowest BCUT2D eigenvalue weighted by Gasteiger charge is -2.20. The van der Waals surface area contributed by atoms with E-state index >= 15 is 0 Å². The van der Waals surface area contributed by atoms with Crippen LogP contribution in [0.2, 0.25) is 0 Å². The van der Waals surface area contributed by atoms with E-state index in [9.17, 15) is 23.3 Å². The first-order chi connectivity index (χ1) is 13.5. The van der Waals surface area contributed by atoms with Crippen LogP contribution in [-0.4, -0.2) is 37.9 Å². The van der Waals surface area contributed by atoms with Crippen molar-refractivity contribution in [1.82, 2.24) is 10.0 Å². The van der Waals surface area contributed by atoms with E-state index < -0.39 is 26.4 Å². The summed E-state index contributed by atoms with van der Waals surface area (Å²) < 4.78 is 27.4. The van der Waals surface area contributed by atoms with Crippen LogP contribution in [0.4, 0.5) is 11.4 Å². The van der Waals surface area contributed by atoms with Crippen molar-refractivity contribution in [3.05, 3.63) is 64.2 Å². The summed E-state index contributed by atoms with van der Waals surface area (Å²) in [4.78, 5) is 22.8. The van der Waals surface area contributed by atoms with Crippen molar-refractivity contribution in [2.24, 2.45) is 0 Å². The van der Waals surface area contributed by atoms with Crippen LogP contribution in [-0.2, 0) is 10.0 Å². The van der Waals surface area contributed by atoms with Gasteiger partial charge in [-0.05, 0) is 45.0 Å². The largest absolute Gasteiger partial charge is 0.378 e. The van der Waals surface area contributed by atoms with Gasteiger partial charge >= 0.3 is 0 Å². The molecule has 156 valence electrons. The van der Waals surface area contributed by atoms with Crippen molar-refractivity contribution in [3.8, 4) is 0 Å². The van der Waals surface area contributed by atoms with E-state index in [1.54, 1.807) is 39.0 Å². The Morgan fingerprint density at radius 2 is 1.76 bits per heavy atom. The number of hydrogen-bond acceptors (Lipinski definition) is 6. The van der Waals surface area contributed by atoms with Crippen molar-refractivity contribution in [1.29, 1.82) is 0 Å². The molecular weight excluding hydrogens is 396 g/mol. The van der Waals surface area contributed by atoms with E-state index in [0.29, 0.717) is 5.69 Å². The highest BCUT2D eigenvalue weighted by atomic mass is 32.2. The topological polar surface area (TPSA) is 130 Å². The maximum atomic E-state index is 12.4. The van der Waals surface area contributed by atoms with Crippen LogP contribution in [0.3, 0.4) is 0 Å². The predicted molar refractivity (Wildman–Crippen MR) is 110 cm³/mol. The molecule has 0 aliphatic carbocycles. The lowest BCUT2D eigenvalue weighted by Crippen LogP contribution is -2.40. The van der Waals surface area contributed by atoms with Gasteiger partial charge in [-0.25, -0.2) is 13.1 Å². The van der Waals surface area contributed by atoms with Gasteiger partial charge in [0, 0.05) is 30.3 Å². The third-order valence-electron chi connectivity index (χ3n) is 3.67. The van der Waals surface area contributed by atoms with Gasteiger partial charge in [0.25, 0.3) is 11.6 Å². The zero-order valence-corrected chi connectivity index (χ0v) is 17.2. The van der Waals surface area contributed by atoms with E-state index in [1.165, 1.54) is 30.3 Å². The Hall–Kier alpha value is -2.98. The summed E-state index contributed by atoms with van der Waals surface area (Å²) in [6.07, 6.45) is 0. The van der Waals surface area contributed by atoms with Crippen LogP contribution in [0, 0.1) is 10.1 Å². The summed E-state index contributed by atoms with van der Waals surface area (Å²) in [5.74, 6) is -0.442. The molecule has 3 N–H and O–H groups in total. The van der Waals surface area contributed by atoms with Gasteiger partial charge in [0.15, 0.2) is 0 Å². The smallest absolute Gasteiger partial charge is 0.292 e. The summed E-state index contributed by atoms with van der Waals surface area (Å²) in [6.45, 7) is 5.64. The van der Waals surface area contributed by atoms with Crippen molar-refractivity contribution >= 4 is 27.3 Å². The Morgan fingerprint density at radius 1 is 1.07 bits per heavy atom. The molecule has 2 rings (SSSR count). The Balaban J connectivity index is 1.98. The molecule has 2 aromatic rings. The highest BCUT2D eigenvalue weighted by Gasteiger charge is 2.22. The minimum Gasteiger partial charge on any atom is -0.378 e. The van der Waals surface area contributed by atoms with Gasteiger partial charge in [0.1, 0.15) is 5.69 Å². The molecule has 29 heavy (non-hydrogen) atoms. The molecule has 0 fully saturated rings. The number of nitrogens with zero attached hydrogens (tertiary/aromatic N) is 1. The predicted octanol–water partition coefficient (Wildman–Crippen LogP) is 2.51. The highest BCUT2D eigenvalue weighted by Crippen LogP contribution is 2.22. The number of benzene rings is 2. The first kappa shape index (κ1) is 22.3. The monoisotopic (exact) mass is 420 g/mol. The van der Waals surface area contributed by atoms with Gasteiger partial charge in [-0.3, -0.25) is 14.9 Å². The fraction of sp³-hybridized carbons (Fsp3) is 0.316. The summed E-state index contributed by atoms with van der Waals surface area (Å²) in [5.41, 5.74) is -0.147. The first-order valence-electron chi connectivity index (χ1n) is 8.89. The molecule has 0 spiro atoms. The number of nitro benzene ring substituents is 1. The number of sulfonamides is 1. The Kier molecular flexibility index (Phi) is 6.93. The molecule has 0 unspecified atom stereocenters. The molecule has 0 atom stereocenters. The van der Waals surface area contributed by atoms with Gasteiger partial charge in [-0.2, -0.15) is 0 Å². The average Bonchev–Trinajstić information content (AvgIpc) is 2.63. The minimum atomic E-state index is -3.75. The Bertz CT molecular complexity index is 1000. The number of rotatable bonds is 8. The fourth-order valence-corrected chi connectivity index (χ4v) is 3.99. The zero-order chi connectivity index (χ0) is 21.7. The molecule has 10 heteroatoms. The highest BCUT2D eigenvalue weighted by molar-refractivity contribution is 7.89. The van der Waals surface area contributed by atoms with Gasteiger partial charge in [0.05, 0.1) is 9.82 Å². The second-order valence-electron chi connectivity index (χ2n) is 7.34. The normalized spacial score (nSPS) is 11.7. The standard InChI is InChI=1S/C19H24N4O5S/c1-19(2,3)22-29(27,28)15-8-6-7-14(13-15)18(24)21-12-11-20-16-9-4-5-10-17(16)23(25)26/h4-10,13,20,22H,11-12H2,1-3H3,(H,21,24). The van der Waals surface area contributed by atoms with Gasteiger partial charge in [-0.15, -0.1) is 0 Å². The number of carbonyl (C=O) groups is 1. The van der Waals surface area contributed by atoms with E-state index in [2.05, 4.69) is 15.4 Å². The van der Waals surface area contributed by atoms with Crippen molar-refractivity contribution in [3.63, 3.8) is 0 Å². The number of anilines is 1. The lowest BCUT2D eigenvalue weighted by atomic mass is 10.1. The average molecular weight is 420 g/mol. The number of nitrogens with one attached hydrogen (secondary N) is 3. The maximum absolute atomic E-state index is 12.4. The zero-order valence-electron chi connectivity index (χ0n) is 16.4. The number of hydrogen-bond donors (Lipinski definition) is 3. The first-order valence-corrected chi connectivity index (χ1v) is 10.4. The van der Waals surface area contributed by atoms with Crippen LogP contribution < -0.4 is 15.4 Å². The second kappa shape index (κ2) is 9.01. The molecule has 0 heterocycles. The molecule has 0 aromatic heterocycles. The summed E-state index contributed by atoms with van der Waals surface area (Å²) >= 11 is 0. The number of amides is 1. The Morgan fingerprint density at radius 3 is 2.41 bits per heavy atom. The SMILES string of the molecule is CC(C)(C)NS(=O)(=O)c1cccc(C(=O)NCCNc2ccccc2[N+](=O)[O-])c1. The second-order valence-corrected chi connectivity index (χ2v) is 9.02. The molecule has 0 aliphatic heterocycles. The Labute approximate surface area is 169 Å². The molecule has 0 radical (unpaired) electrons. The van der Waals surface area contributed by atoms with Gasteiger partial charge < -0.3 is 10.6 Å². The van der Waals surface area contributed by atoms with Crippen LogP contribution in [0.1, 0.15) is 31.1 Å². The quantitative estimate of drug-likeness (QED) is 0.342. The minimum absolute atomic E-state index is 0.00175. The summed E-state index contributed by atoms with van der Waals surface area (Å²) in [5, 5.41) is 16.5. The molecule has 0 saturated carbocycles. The fourth-order valence-electron chi connectivity index (χ4n) is 2.52. The molecular formula is C19H24N4O5S. The van der Waals surface area contributed by atoms with Gasteiger partial charge in [0.2, 0.25) is 10.0 Å². The molecule has 9 nitrogen and oxygen atoms in total. The van der Waals surface area contributed by atoms with Gasteiger partial charge in [-0.1, -0.05) is 18.2 Å². The van der Waals surface area contributed by atoms with E-state index in [1.807, 2.05) is 0 Å². The molecule has 1 amide bonds. The van der Waals surface area contributed by atoms with Crippen LogP contribution >= 0.6 is 0 Å². The molecule has 0 aliphatic rings. The van der Waals surface area contributed by atoms with Crippen LogP contribution in [0.5, 0.6) is 0 Å². The van der Waals surface area contributed by atoms with Crippen molar-refractivity contribution < 1.29 is 18.1 Å². The van der Waals surface area contributed by atoms with Crippen molar-refractivity contribution in [2.75, 3.05) is 18.4 Å².